The molecule has 0 aliphatic heterocycles. The van der Waals surface area contributed by atoms with Crippen molar-refractivity contribution >= 4 is 23.2 Å². The maximum atomic E-state index is 13.8. The van der Waals surface area contributed by atoms with E-state index < -0.39 is 5.97 Å². The van der Waals surface area contributed by atoms with Crippen LogP contribution in [0.4, 0.5) is 0 Å². The van der Waals surface area contributed by atoms with Crippen molar-refractivity contribution in [3.63, 3.8) is 0 Å². The first-order chi connectivity index (χ1) is 19.7. The number of hydrogen-bond acceptors (Lipinski definition) is 4. The van der Waals surface area contributed by atoms with Crippen LogP contribution in [0.2, 0.25) is 0 Å². The second-order valence-electron chi connectivity index (χ2n) is 11.2. The van der Waals surface area contributed by atoms with Crippen molar-refractivity contribution in [1.29, 1.82) is 0 Å². The van der Waals surface area contributed by atoms with E-state index >= 15 is 0 Å². The Morgan fingerprint density at radius 2 is 1.54 bits per heavy atom. The minimum atomic E-state index is -1.05. The van der Waals surface area contributed by atoms with Gasteiger partial charge in [-0.25, -0.2) is 0 Å². The summed E-state index contributed by atoms with van der Waals surface area (Å²) in [7, 11) is 0. The van der Waals surface area contributed by atoms with E-state index in [2.05, 4.69) is 37.8 Å². The van der Waals surface area contributed by atoms with Crippen LogP contribution in [0.1, 0.15) is 104 Å². The normalized spacial score (nSPS) is 11.5. The van der Waals surface area contributed by atoms with E-state index in [4.69, 9.17) is 0 Å². The highest BCUT2D eigenvalue weighted by molar-refractivity contribution is 6.10. The van der Waals surface area contributed by atoms with Gasteiger partial charge in [-0.3, -0.25) is 14.4 Å². The molecule has 2 heterocycles. The monoisotopic (exact) mass is 561 g/mol. The van der Waals surface area contributed by atoms with Crippen LogP contribution in [0.25, 0.3) is 5.52 Å². The van der Waals surface area contributed by atoms with Gasteiger partial charge in [0.05, 0.1) is 5.69 Å². The molecule has 0 atom stereocenters. The molecule has 3 aromatic rings. The number of benzene rings is 1. The number of carbonyl (C=O) groups excluding carboxylic acids is 2. The third kappa shape index (κ3) is 8.52. The molecule has 0 bridgehead atoms. The van der Waals surface area contributed by atoms with Crippen LogP contribution >= 0.6 is 0 Å². The Kier molecular flexibility index (Phi) is 12.1. The summed E-state index contributed by atoms with van der Waals surface area (Å²) in [6, 6.07) is 13.2. The first kappa shape index (κ1) is 32.1. The number of aliphatic carboxylic acids is 1. The van der Waals surface area contributed by atoms with Gasteiger partial charge in [0.15, 0.2) is 0 Å². The van der Waals surface area contributed by atoms with Gasteiger partial charge in [0.1, 0.15) is 6.54 Å². The molecule has 1 amide bonds. The van der Waals surface area contributed by atoms with E-state index in [1.54, 1.807) is 32.2 Å². The highest BCUT2D eigenvalue weighted by Gasteiger charge is 2.24. The number of carbonyl (C=O) groups is 3. The van der Waals surface area contributed by atoms with Gasteiger partial charge in [-0.05, 0) is 94.9 Å². The average molecular weight is 562 g/mol. The zero-order chi connectivity index (χ0) is 29.9. The first-order valence-electron chi connectivity index (χ1n) is 15.2. The predicted octanol–water partition coefficient (Wildman–Crippen LogP) is 6.50. The molecule has 41 heavy (non-hydrogen) atoms. The van der Waals surface area contributed by atoms with Crippen molar-refractivity contribution in [2.75, 3.05) is 26.2 Å². The number of unbranched alkanes of at least 4 members (excludes halogenated alkanes) is 2. The van der Waals surface area contributed by atoms with Crippen LogP contribution in [-0.4, -0.2) is 69.2 Å². The molecular formula is C34H47N3O4. The summed E-state index contributed by atoms with van der Waals surface area (Å²) >= 11 is 0. The molecule has 0 saturated carbocycles. The van der Waals surface area contributed by atoms with Crippen molar-refractivity contribution in [2.24, 2.45) is 0 Å². The van der Waals surface area contributed by atoms with Crippen LogP contribution in [0, 0.1) is 0 Å². The molecule has 0 spiro atoms. The molecule has 1 aromatic carbocycles. The van der Waals surface area contributed by atoms with Crippen molar-refractivity contribution in [3.05, 3.63) is 76.6 Å². The lowest BCUT2D eigenvalue weighted by molar-refractivity contribution is -0.138. The lowest BCUT2D eigenvalue weighted by Gasteiger charge is -2.25. The third-order valence-electron chi connectivity index (χ3n) is 7.73. The topological polar surface area (TPSA) is 82.3 Å². The van der Waals surface area contributed by atoms with Crippen molar-refractivity contribution in [3.8, 4) is 0 Å². The van der Waals surface area contributed by atoms with Gasteiger partial charge in [-0.2, -0.15) is 0 Å². The fraction of sp³-hybridized carbons (Fsp3) is 0.500. The van der Waals surface area contributed by atoms with Crippen LogP contribution in [0.3, 0.4) is 0 Å². The van der Waals surface area contributed by atoms with Gasteiger partial charge < -0.3 is 19.3 Å². The number of carboxylic acid groups (broad SMARTS) is 1. The Morgan fingerprint density at radius 3 is 2.15 bits per heavy atom. The maximum absolute atomic E-state index is 13.8. The molecule has 0 fully saturated rings. The fourth-order valence-electron chi connectivity index (χ4n) is 5.26. The van der Waals surface area contributed by atoms with Crippen LogP contribution in [-0.2, 0) is 17.6 Å². The second-order valence-corrected chi connectivity index (χ2v) is 11.2. The number of nitrogens with zero attached hydrogens (tertiary/aromatic N) is 3. The van der Waals surface area contributed by atoms with Gasteiger partial charge in [-0.1, -0.05) is 57.9 Å². The molecule has 0 aliphatic rings. The summed E-state index contributed by atoms with van der Waals surface area (Å²) in [6.45, 7) is 13.1. The summed E-state index contributed by atoms with van der Waals surface area (Å²) in [5, 5.41) is 9.27. The summed E-state index contributed by atoms with van der Waals surface area (Å²) in [4.78, 5) is 42.2. The number of carboxylic acids is 1. The van der Waals surface area contributed by atoms with Crippen molar-refractivity contribution in [1.82, 2.24) is 14.2 Å². The number of aryl methyl sites for hydroxylation is 2. The Morgan fingerprint density at radius 1 is 0.854 bits per heavy atom. The Bertz CT molecular complexity index is 1310. The molecule has 0 radical (unpaired) electrons. The predicted molar refractivity (Wildman–Crippen MR) is 165 cm³/mol. The molecule has 0 saturated heterocycles. The minimum absolute atomic E-state index is 0.0341. The Labute approximate surface area is 245 Å². The lowest BCUT2D eigenvalue weighted by Crippen LogP contribution is -2.40. The minimum Gasteiger partial charge on any atom is -0.480 e. The molecular weight excluding hydrogens is 514 g/mol. The standard InChI is InChI=1S/C34H47N3O4/c1-6-9-13-28-22-30-23-29(34(41)37(25(4)5)24-31(38)39)18-21-36(30)32(28)33(40)27-16-14-26(15-17-27)12-11-20-35(8-3)19-10-7-2/h14-18,21-23,25H,6-13,19-20,24H2,1-5H3,(H,38,39). The van der Waals surface area contributed by atoms with E-state index in [0.29, 0.717) is 16.8 Å². The van der Waals surface area contributed by atoms with Gasteiger partial charge in [0, 0.05) is 28.9 Å². The van der Waals surface area contributed by atoms with E-state index in [1.807, 2.05) is 22.6 Å². The largest absolute Gasteiger partial charge is 0.480 e. The molecule has 7 heteroatoms. The van der Waals surface area contributed by atoms with Crippen molar-refractivity contribution in [2.45, 2.75) is 85.6 Å². The van der Waals surface area contributed by atoms with E-state index in [-0.39, 0.29) is 24.3 Å². The third-order valence-corrected chi connectivity index (χ3v) is 7.73. The van der Waals surface area contributed by atoms with Gasteiger partial charge in [-0.15, -0.1) is 0 Å². The van der Waals surface area contributed by atoms with Gasteiger partial charge in [0.2, 0.25) is 5.78 Å². The smallest absolute Gasteiger partial charge is 0.323 e. The summed E-state index contributed by atoms with van der Waals surface area (Å²) in [5.74, 6) is -1.42. The zero-order valence-corrected chi connectivity index (χ0v) is 25.5. The Balaban J connectivity index is 1.83. The highest BCUT2D eigenvalue weighted by Crippen LogP contribution is 2.24. The molecule has 0 aliphatic carbocycles. The Hall–Kier alpha value is -3.45. The van der Waals surface area contributed by atoms with E-state index in [1.165, 1.54) is 23.3 Å². The zero-order valence-electron chi connectivity index (χ0n) is 25.5. The van der Waals surface area contributed by atoms with Crippen LogP contribution < -0.4 is 0 Å². The number of fused-ring (bicyclic) bond motifs is 1. The van der Waals surface area contributed by atoms with E-state index in [9.17, 15) is 19.5 Å². The fourth-order valence-corrected chi connectivity index (χ4v) is 5.26. The van der Waals surface area contributed by atoms with Crippen molar-refractivity contribution < 1.29 is 19.5 Å². The summed E-state index contributed by atoms with van der Waals surface area (Å²) in [6.07, 6.45) is 9.01. The number of rotatable bonds is 17. The number of pyridine rings is 1. The second kappa shape index (κ2) is 15.5. The van der Waals surface area contributed by atoms with Crippen LogP contribution in [0.15, 0.2) is 48.7 Å². The SMILES string of the molecule is CCCCc1cc2cc(C(=O)N(CC(=O)O)C(C)C)ccn2c1C(=O)c1ccc(CCCN(CC)CCCC)cc1. The molecule has 7 nitrogen and oxygen atoms in total. The highest BCUT2D eigenvalue weighted by atomic mass is 16.4. The average Bonchev–Trinajstić information content (AvgIpc) is 3.33. The molecule has 1 N–H and O–H groups in total. The van der Waals surface area contributed by atoms with Crippen LogP contribution in [0.5, 0.6) is 0 Å². The lowest BCUT2D eigenvalue weighted by atomic mass is 10.00. The molecule has 2 aromatic heterocycles. The number of aromatic nitrogens is 1. The van der Waals surface area contributed by atoms with E-state index in [0.717, 1.165) is 62.8 Å². The molecule has 222 valence electrons. The molecule has 3 rings (SSSR count). The quantitative estimate of drug-likeness (QED) is 0.190. The summed E-state index contributed by atoms with van der Waals surface area (Å²) < 4.78 is 1.87. The number of ketones is 1. The summed E-state index contributed by atoms with van der Waals surface area (Å²) in [5.41, 5.74) is 4.64. The molecule has 0 unspecified atom stereocenters. The first-order valence-corrected chi connectivity index (χ1v) is 15.2. The van der Waals surface area contributed by atoms with Gasteiger partial charge >= 0.3 is 5.97 Å². The maximum Gasteiger partial charge on any atom is 0.323 e. The number of hydrogen-bond donors (Lipinski definition) is 1. The number of amides is 1. The van der Waals surface area contributed by atoms with Gasteiger partial charge in [0.25, 0.3) is 5.91 Å².